The Morgan fingerprint density at radius 2 is 0.791 bits per heavy atom. The van der Waals surface area contributed by atoms with Crippen molar-refractivity contribution in [3.05, 3.63) is 195 Å². The Bertz CT molecular complexity index is 5740. The van der Waals surface area contributed by atoms with Gasteiger partial charge in [-0.25, -0.2) is 37.7 Å². The van der Waals surface area contributed by atoms with E-state index in [4.69, 9.17) is 58.5 Å². The molecule has 6 aliphatic rings. The van der Waals surface area contributed by atoms with Crippen molar-refractivity contribution in [3.8, 4) is 17.2 Å². The topological polar surface area (TPSA) is 457 Å². The highest BCUT2D eigenvalue weighted by Gasteiger charge is 2.51. The van der Waals surface area contributed by atoms with E-state index in [1.807, 2.05) is 35.5 Å². The van der Waals surface area contributed by atoms with Gasteiger partial charge in [-0.15, -0.1) is 0 Å². The van der Waals surface area contributed by atoms with Crippen molar-refractivity contribution in [1.82, 2.24) is 50.3 Å². The first-order valence-electron chi connectivity index (χ1n) is 40.5. The smallest absolute Gasteiger partial charge is 0.410 e. The molecule has 37 nitrogen and oxygen atoms in total. The van der Waals surface area contributed by atoms with Gasteiger partial charge in [0.05, 0.1) is 97.1 Å². The molecular weight excluding hydrogens is 1750 g/mol. The number of hydrogen-bond donors (Lipinski definition) is 11. The van der Waals surface area contributed by atoms with E-state index in [1.54, 1.807) is 49.9 Å². The monoisotopic (exact) mass is 1850 g/mol. The summed E-state index contributed by atoms with van der Waals surface area (Å²) in [7, 11) is 4.21. The molecule has 0 unspecified atom stereocenters. The summed E-state index contributed by atoms with van der Waals surface area (Å²) in [4.78, 5) is 90.8. The van der Waals surface area contributed by atoms with Gasteiger partial charge in [-0.1, -0.05) is 34.8 Å². The fraction of sp³-hybridized carbons (Fsp3) is 0.412. The van der Waals surface area contributed by atoms with E-state index in [0.29, 0.717) is 102 Å². The van der Waals surface area contributed by atoms with E-state index in [9.17, 15) is 72.8 Å². The first-order chi connectivity index (χ1) is 60.5. The van der Waals surface area contributed by atoms with E-state index in [2.05, 4.69) is 72.4 Å². The van der Waals surface area contributed by atoms with Crippen LogP contribution in [0.3, 0.4) is 0 Å². The van der Waals surface area contributed by atoms with Crippen molar-refractivity contribution in [3.63, 3.8) is 0 Å². The van der Waals surface area contributed by atoms with Crippen LogP contribution in [0, 0.1) is 71.4 Å². The van der Waals surface area contributed by atoms with Gasteiger partial charge in [0.1, 0.15) is 74.7 Å². The van der Waals surface area contributed by atoms with Crippen molar-refractivity contribution in [2.75, 3.05) is 122 Å². The number of aromatic nitrogens is 6. The molecule has 6 aromatic carbocycles. The van der Waals surface area contributed by atoms with Crippen LogP contribution in [-0.4, -0.2) is 192 Å². The number of carbonyl (C=O) groups excluding carboxylic acids is 2. The third-order valence-electron chi connectivity index (χ3n) is 21.5. The lowest BCUT2D eigenvalue weighted by molar-refractivity contribution is -0.387. The molecule has 0 bridgehead atoms. The molecule has 6 fully saturated rings. The lowest BCUT2D eigenvalue weighted by Gasteiger charge is -2.43. The minimum Gasteiger partial charge on any atom is -0.494 e. The van der Waals surface area contributed by atoms with Crippen LogP contribution >= 0.6 is 34.8 Å². The van der Waals surface area contributed by atoms with Gasteiger partial charge < -0.3 is 101 Å². The van der Waals surface area contributed by atoms with Crippen molar-refractivity contribution in [2.24, 2.45) is 17.8 Å². The molecule has 11 N–H and O–H groups in total. The Labute approximate surface area is 753 Å². The molecule has 0 spiro atoms. The van der Waals surface area contributed by atoms with Crippen molar-refractivity contribution >= 4 is 145 Å². The molecule has 2 amide bonds. The Kier molecular flexibility index (Phi) is 28.5. The Balaban J connectivity index is 0.000000164. The van der Waals surface area contributed by atoms with Crippen LogP contribution in [0.15, 0.2) is 110 Å². The second kappa shape index (κ2) is 38.4. The van der Waals surface area contributed by atoms with Gasteiger partial charge in [0, 0.05) is 171 Å². The number of likely N-dealkylation sites (tertiary alicyclic amines) is 2. The number of hydrogen-bond acceptors (Lipinski definition) is 32. The zero-order chi connectivity index (χ0) is 94.0. The summed E-state index contributed by atoms with van der Waals surface area (Å²) in [6.07, 6.45) is 3.76. The number of nitro benzene ring substituents is 3. The van der Waals surface area contributed by atoms with Crippen LogP contribution < -0.4 is 66.5 Å². The number of carbonyl (C=O) groups is 2. The molecule has 9 aromatic rings. The molecule has 6 aliphatic heterocycles. The van der Waals surface area contributed by atoms with E-state index >= 15 is 0 Å². The van der Waals surface area contributed by atoms with Gasteiger partial charge in [0.15, 0.2) is 0 Å². The molecule has 3 aromatic heterocycles. The second-order valence-electron chi connectivity index (χ2n) is 34.7. The quantitative estimate of drug-likeness (QED) is 0.0161. The maximum atomic E-state index is 14.2. The molecule has 0 radical (unpaired) electrons. The second-order valence-corrected chi connectivity index (χ2v) is 35.9. The van der Waals surface area contributed by atoms with Crippen LogP contribution in [0.25, 0.3) is 0 Å². The van der Waals surface area contributed by atoms with E-state index < -0.39 is 72.2 Å². The Hall–Kier alpha value is -12.5. The van der Waals surface area contributed by atoms with Gasteiger partial charge >= 0.3 is 17.9 Å². The van der Waals surface area contributed by atoms with Crippen LogP contribution in [0.4, 0.5) is 125 Å². The number of benzene rings is 6. The van der Waals surface area contributed by atoms with Gasteiger partial charge in [-0.05, 0) is 138 Å². The van der Waals surface area contributed by atoms with E-state index in [0.717, 1.165) is 57.0 Å². The molecule has 6 atom stereocenters. The largest absolute Gasteiger partial charge is 0.494 e. The summed E-state index contributed by atoms with van der Waals surface area (Å²) in [6, 6.07) is 20.6. The molecule has 0 aliphatic carbocycles. The third-order valence-corrected chi connectivity index (χ3v) is 22.4. The third kappa shape index (κ3) is 23.0. The van der Waals surface area contributed by atoms with E-state index in [1.165, 1.54) is 124 Å². The summed E-state index contributed by atoms with van der Waals surface area (Å²) < 4.78 is 83.1. The molecule has 129 heavy (non-hydrogen) atoms. The Morgan fingerprint density at radius 3 is 1.12 bits per heavy atom. The summed E-state index contributed by atoms with van der Waals surface area (Å²) in [5, 5.41) is 90.7. The van der Waals surface area contributed by atoms with Gasteiger partial charge in [0.2, 0.25) is 23.7 Å². The first kappa shape index (κ1) is 95.6. The maximum absolute atomic E-state index is 14.2. The number of nitrogens with one attached hydrogen (secondary N) is 8. The lowest BCUT2D eigenvalue weighted by atomic mass is 9.93. The highest BCUT2D eigenvalue weighted by atomic mass is 35.5. The molecule has 44 heteroatoms. The summed E-state index contributed by atoms with van der Waals surface area (Å²) in [5.74, 6) is 0.0160. The highest BCUT2D eigenvalue weighted by Crippen LogP contribution is 2.47. The SMILES string of the molecule is CC(C)(C)OC(=O)N1C[C@@H]2CNC[C@@H]21.COc1cc(F)c([N+](=O)[O-])cc1Nc1nccc(Nc2cc(Cl)c(F)cc2C(C)(C)O)n1.COc1cc(N2C[C@H]3CN(C(=O)OC(C)(C)C)[C@H]3C2)c([N+](=O)[O-])cc1Nc1nccc(Nc2cc(Cl)c(F)cc2C(C)(C)O)n1.COc1cc(N2C[C@H]3CN[C@H]3C2)c([N+](=O)[O-])cc1Nc1nccc(Nc2cc(Cl)c(F)cc2C(C)(C)O)n1. The standard InChI is InChI=1S/C30H35ClFN7O6.C25H27ClFN7O4.C20H18ClF2N5O4.C10H18N2O2/c1-29(2,3)45-28(40)38-14-16-13-37(15-24(16)38)22-12-25(44-6)21(11-23(22)39(42)43)35-27-33-8-7-26(36-27)34-20-10-18(31)19(32)9-17(20)30(4,5)41;1-25(2,35)14-6-16(27)15(26)7-17(14)30-23-4-5-28-24(32-23)31-18-8-21(34(36)37)20(9-22(18)38-3)33-11-13-10-29-19(13)12-33;1-20(2,29)10-6-12(22)11(21)7-14(10)25-18-4-5-24-19(27-18)26-15-9-16(28(30)31)13(23)8-17(15)32-3;1-10(2,3)14-9(13)12-6-7-4-11-5-8(7)12/h7-12,16,24,41H,13-15H2,1-6H3,(H2,33,34,35,36);4-9,13,19,29,35H,10-12H2,1-3H3,(H2,28,30,31,32);4-9,29H,1-3H3,(H2,24,25,26,27);7-8,11H,4-6H2,1-3H3/t16-,24-;13-,19+;;7-,8-/m01.0/s1. The fourth-order valence-electron chi connectivity index (χ4n) is 15.2. The van der Waals surface area contributed by atoms with E-state index in [-0.39, 0.29) is 113 Å². The molecule has 6 saturated heterocycles. The molecule has 15 rings (SSSR count). The highest BCUT2D eigenvalue weighted by molar-refractivity contribution is 6.31. The predicted molar refractivity (Wildman–Crippen MR) is 478 cm³/mol. The maximum Gasteiger partial charge on any atom is 0.410 e. The van der Waals surface area contributed by atoms with Gasteiger partial charge in [-0.3, -0.25) is 30.3 Å². The number of fused-ring (bicyclic) bond motifs is 3. The number of amides is 2. The van der Waals surface area contributed by atoms with Crippen molar-refractivity contribution in [1.29, 1.82) is 0 Å². The van der Waals surface area contributed by atoms with Crippen LogP contribution in [0.5, 0.6) is 17.2 Å². The molecule has 688 valence electrons. The zero-order valence-electron chi connectivity index (χ0n) is 72.8. The molecular formula is C85H98Cl3F4N21O16. The number of ether oxygens (including phenoxy) is 5. The first-order valence-corrected chi connectivity index (χ1v) is 41.6. The Morgan fingerprint density at radius 1 is 0.434 bits per heavy atom. The van der Waals surface area contributed by atoms with Gasteiger partial charge in [0.25, 0.3) is 11.4 Å². The minimum absolute atomic E-state index is 0.00435. The average molecular weight is 1850 g/mol. The fourth-order valence-corrected chi connectivity index (χ4v) is 15.7. The number of anilines is 14. The van der Waals surface area contributed by atoms with Crippen LogP contribution in [-0.2, 0) is 26.3 Å². The minimum atomic E-state index is -1.39. The van der Waals surface area contributed by atoms with Crippen molar-refractivity contribution < 1.29 is 80.9 Å². The number of nitrogens with zero attached hydrogens (tertiary/aromatic N) is 13. The summed E-state index contributed by atoms with van der Waals surface area (Å²) in [6.45, 7) is 26.8. The normalized spacial score (nSPS) is 17.8. The molecule has 9 heterocycles. The van der Waals surface area contributed by atoms with Gasteiger partial charge in [-0.2, -0.15) is 19.3 Å². The summed E-state index contributed by atoms with van der Waals surface area (Å²) in [5.41, 5.74) is -2.81. The zero-order valence-corrected chi connectivity index (χ0v) is 75.1. The van der Waals surface area contributed by atoms with Crippen molar-refractivity contribution in [2.45, 2.75) is 129 Å². The number of aliphatic hydroxyl groups is 3. The average Bonchev–Trinajstić information content (AvgIpc) is 1.59. The van der Waals surface area contributed by atoms with Crippen LogP contribution in [0.1, 0.15) is 99.8 Å². The van der Waals surface area contributed by atoms with Crippen LogP contribution in [0.2, 0.25) is 15.1 Å². The number of nitro groups is 3. The number of halogens is 7. The predicted octanol–water partition coefficient (Wildman–Crippen LogP) is 16.1. The number of rotatable bonds is 23. The summed E-state index contributed by atoms with van der Waals surface area (Å²) >= 11 is 17.9. The number of methoxy groups -OCH3 is 3. The lowest BCUT2D eigenvalue weighted by Crippen LogP contribution is -2.59. The molecule has 0 saturated carbocycles.